The monoisotopic (exact) mass is 497 g/mol. The average Bonchev–Trinajstić information content (AvgIpc) is 2.86. The molecular weight excluding hydrogens is 482 g/mol. The van der Waals surface area contributed by atoms with Crippen molar-refractivity contribution >= 4 is 27.5 Å². The fraction of sp³-hybridized carbons (Fsp3) is 0. The van der Waals surface area contributed by atoms with Crippen LogP contribution < -0.4 is 0 Å². The molecule has 32 heavy (non-hydrogen) atoms. The van der Waals surface area contributed by atoms with Crippen LogP contribution >= 0.6 is 27.5 Å². The molecule has 0 spiro atoms. The second-order valence-corrected chi connectivity index (χ2v) is 8.56. The first kappa shape index (κ1) is 20.6. The van der Waals surface area contributed by atoms with E-state index >= 15 is 0 Å². The summed E-state index contributed by atoms with van der Waals surface area (Å²) in [5.41, 5.74) is 4.90. The van der Waals surface area contributed by atoms with Crippen LogP contribution in [0.4, 0.5) is 0 Å². The van der Waals surface area contributed by atoms with Gasteiger partial charge in [0.1, 0.15) is 0 Å². The molecule has 0 amide bonds. The SMILES string of the molecule is Clc1ccc(Br)cc1-c1nc(-c2ccccc2)nc(-c2ccc(-c3ccccc3)cc2)n1. The molecule has 0 saturated heterocycles. The Labute approximate surface area is 199 Å². The van der Waals surface area contributed by atoms with Gasteiger partial charge in [0.05, 0.1) is 5.02 Å². The minimum atomic E-state index is 0.535. The Morgan fingerprint density at radius 2 is 0.969 bits per heavy atom. The zero-order valence-corrected chi connectivity index (χ0v) is 19.3. The van der Waals surface area contributed by atoms with Gasteiger partial charge in [0, 0.05) is 21.2 Å². The number of aromatic nitrogens is 3. The van der Waals surface area contributed by atoms with Crippen molar-refractivity contribution < 1.29 is 0 Å². The predicted molar refractivity (Wildman–Crippen MR) is 134 cm³/mol. The summed E-state index contributed by atoms with van der Waals surface area (Å²) < 4.78 is 0.910. The zero-order chi connectivity index (χ0) is 21.9. The number of rotatable bonds is 4. The molecule has 1 heterocycles. The molecule has 0 unspecified atom stereocenters. The molecule has 0 atom stereocenters. The lowest BCUT2D eigenvalue weighted by atomic mass is 10.0. The van der Waals surface area contributed by atoms with Gasteiger partial charge < -0.3 is 0 Å². The van der Waals surface area contributed by atoms with Gasteiger partial charge >= 0.3 is 0 Å². The minimum absolute atomic E-state index is 0.535. The van der Waals surface area contributed by atoms with Crippen molar-refractivity contribution in [3.05, 3.63) is 113 Å². The van der Waals surface area contributed by atoms with Crippen molar-refractivity contribution in [1.29, 1.82) is 0 Å². The number of halogens is 2. The first-order valence-electron chi connectivity index (χ1n) is 10.1. The quantitative estimate of drug-likeness (QED) is 0.252. The highest BCUT2D eigenvalue weighted by molar-refractivity contribution is 9.10. The third-order valence-corrected chi connectivity index (χ3v) is 5.91. The van der Waals surface area contributed by atoms with E-state index in [2.05, 4.69) is 40.2 Å². The lowest BCUT2D eigenvalue weighted by Gasteiger charge is -2.10. The smallest absolute Gasteiger partial charge is 0.165 e. The first-order chi connectivity index (χ1) is 15.7. The Morgan fingerprint density at radius 3 is 1.59 bits per heavy atom. The van der Waals surface area contributed by atoms with Gasteiger partial charge in [-0.15, -0.1) is 0 Å². The lowest BCUT2D eigenvalue weighted by Crippen LogP contribution is -2.00. The van der Waals surface area contributed by atoms with Crippen LogP contribution in [0.25, 0.3) is 45.3 Å². The summed E-state index contributed by atoms with van der Waals surface area (Å²) in [4.78, 5) is 14.3. The van der Waals surface area contributed by atoms with Crippen LogP contribution in [0.15, 0.2) is 108 Å². The van der Waals surface area contributed by atoms with Gasteiger partial charge in [-0.2, -0.15) is 0 Å². The Morgan fingerprint density at radius 1 is 0.500 bits per heavy atom. The van der Waals surface area contributed by atoms with Gasteiger partial charge in [-0.05, 0) is 29.3 Å². The number of benzene rings is 4. The van der Waals surface area contributed by atoms with Gasteiger partial charge in [0.15, 0.2) is 17.5 Å². The zero-order valence-electron chi connectivity index (χ0n) is 16.9. The molecule has 5 aromatic rings. The summed E-state index contributed by atoms with van der Waals surface area (Å²) in [5.74, 6) is 1.74. The molecule has 0 bridgehead atoms. The van der Waals surface area contributed by atoms with E-state index in [1.165, 1.54) is 5.56 Å². The molecule has 0 fully saturated rings. The Kier molecular flexibility index (Phi) is 5.80. The summed E-state index contributed by atoms with van der Waals surface area (Å²) >= 11 is 10.0. The van der Waals surface area contributed by atoms with E-state index in [1.807, 2.05) is 78.9 Å². The molecule has 0 N–H and O–H groups in total. The Balaban J connectivity index is 1.64. The number of hydrogen-bond donors (Lipinski definition) is 0. The van der Waals surface area contributed by atoms with Crippen molar-refractivity contribution in [3.8, 4) is 45.3 Å². The van der Waals surface area contributed by atoms with Gasteiger partial charge in [0.2, 0.25) is 0 Å². The highest BCUT2D eigenvalue weighted by atomic mass is 79.9. The second-order valence-electron chi connectivity index (χ2n) is 7.24. The number of nitrogens with zero attached hydrogens (tertiary/aromatic N) is 3. The molecule has 0 radical (unpaired) electrons. The largest absolute Gasteiger partial charge is 0.208 e. The molecule has 154 valence electrons. The van der Waals surface area contributed by atoms with Crippen molar-refractivity contribution in [1.82, 2.24) is 15.0 Å². The van der Waals surface area contributed by atoms with E-state index < -0.39 is 0 Å². The molecule has 0 saturated carbocycles. The van der Waals surface area contributed by atoms with Crippen LogP contribution in [-0.2, 0) is 0 Å². The van der Waals surface area contributed by atoms with E-state index in [1.54, 1.807) is 0 Å². The van der Waals surface area contributed by atoms with Gasteiger partial charge in [-0.25, -0.2) is 15.0 Å². The molecule has 1 aromatic heterocycles. The third-order valence-electron chi connectivity index (χ3n) is 5.09. The van der Waals surface area contributed by atoms with E-state index in [0.29, 0.717) is 22.5 Å². The van der Waals surface area contributed by atoms with Crippen LogP contribution in [0.1, 0.15) is 0 Å². The molecule has 5 heteroatoms. The Bertz CT molecular complexity index is 1370. The molecule has 3 nitrogen and oxygen atoms in total. The van der Waals surface area contributed by atoms with Gasteiger partial charge in [-0.1, -0.05) is 112 Å². The maximum atomic E-state index is 6.49. The van der Waals surface area contributed by atoms with E-state index in [4.69, 9.17) is 26.6 Å². The lowest BCUT2D eigenvalue weighted by molar-refractivity contribution is 1.07. The fourth-order valence-electron chi connectivity index (χ4n) is 3.45. The van der Waals surface area contributed by atoms with Crippen molar-refractivity contribution in [2.45, 2.75) is 0 Å². The van der Waals surface area contributed by atoms with E-state index in [9.17, 15) is 0 Å². The van der Waals surface area contributed by atoms with Crippen molar-refractivity contribution in [2.24, 2.45) is 0 Å². The maximum Gasteiger partial charge on any atom is 0.165 e. The van der Waals surface area contributed by atoms with E-state index in [-0.39, 0.29) is 0 Å². The fourth-order valence-corrected chi connectivity index (χ4v) is 4.02. The second kappa shape index (κ2) is 9.03. The normalized spacial score (nSPS) is 10.8. The summed E-state index contributed by atoms with van der Waals surface area (Å²) in [5, 5.41) is 0.587. The van der Waals surface area contributed by atoms with Gasteiger partial charge in [-0.3, -0.25) is 0 Å². The van der Waals surface area contributed by atoms with Gasteiger partial charge in [0.25, 0.3) is 0 Å². The van der Waals surface area contributed by atoms with Crippen LogP contribution in [0.3, 0.4) is 0 Å². The highest BCUT2D eigenvalue weighted by Crippen LogP contribution is 2.31. The van der Waals surface area contributed by atoms with Crippen LogP contribution in [0.5, 0.6) is 0 Å². The molecular formula is C27H17BrClN3. The molecule has 0 aliphatic rings. The molecule has 0 aliphatic heterocycles. The average molecular weight is 499 g/mol. The number of hydrogen-bond acceptors (Lipinski definition) is 3. The van der Waals surface area contributed by atoms with Crippen LogP contribution in [-0.4, -0.2) is 15.0 Å². The minimum Gasteiger partial charge on any atom is -0.208 e. The molecule has 0 aliphatic carbocycles. The summed E-state index contributed by atoms with van der Waals surface area (Å²) in [6, 6.07) is 34.1. The maximum absolute atomic E-state index is 6.49. The summed E-state index contributed by atoms with van der Waals surface area (Å²) in [7, 11) is 0. The third kappa shape index (κ3) is 4.33. The Hall–Kier alpha value is -3.34. The highest BCUT2D eigenvalue weighted by Gasteiger charge is 2.14. The van der Waals surface area contributed by atoms with Crippen molar-refractivity contribution in [3.63, 3.8) is 0 Å². The van der Waals surface area contributed by atoms with E-state index in [0.717, 1.165) is 26.7 Å². The van der Waals surface area contributed by atoms with Crippen LogP contribution in [0.2, 0.25) is 5.02 Å². The first-order valence-corrected chi connectivity index (χ1v) is 11.3. The van der Waals surface area contributed by atoms with Crippen LogP contribution in [0, 0.1) is 0 Å². The predicted octanol–water partition coefficient (Wildman–Crippen LogP) is 7.96. The standard InChI is InChI=1S/C27H17BrClN3/c28-22-15-16-24(29)23(17-22)27-31-25(20-9-5-2-6-10-20)30-26(32-27)21-13-11-19(12-14-21)18-7-3-1-4-8-18/h1-17H. The molecule has 5 rings (SSSR count). The summed E-state index contributed by atoms with van der Waals surface area (Å²) in [6.07, 6.45) is 0. The van der Waals surface area contributed by atoms with Crippen molar-refractivity contribution in [2.75, 3.05) is 0 Å². The molecule has 4 aromatic carbocycles. The topological polar surface area (TPSA) is 38.7 Å². The summed E-state index contributed by atoms with van der Waals surface area (Å²) in [6.45, 7) is 0.